The number of hydrogen-bond acceptors (Lipinski definition) is 0. The second-order valence-corrected chi connectivity index (χ2v) is 8.01. The van der Waals surface area contributed by atoms with Crippen LogP contribution in [0.4, 0.5) is 0 Å². The molecule has 25 heavy (non-hydrogen) atoms. The summed E-state index contributed by atoms with van der Waals surface area (Å²) in [5.41, 5.74) is 0. The molecule has 0 heteroatoms. The van der Waals surface area contributed by atoms with Crippen LogP contribution in [0.1, 0.15) is 163 Å². The molecule has 0 aromatic heterocycles. The fraction of sp³-hybridized carbons (Fsp3) is 1.00. The zero-order chi connectivity index (χ0) is 18.8. The zero-order valence-electron chi connectivity index (χ0n) is 18.8. The average Bonchev–Trinajstić information content (AvgIpc) is 2.63. The first kappa shape index (κ1) is 27.2. The van der Waals surface area contributed by atoms with Crippen molar-refractivity contribution >= 4 is 0 Å². The van der Waals surface area contributed by atoms with Crippen molar-refractivity contribution in [1.29, 1.82) is 0 Å². The molecule has 0 amide bonds. The minimum Gasteiger partial charge on any atom is -0.0654 e. The lowest BCUT2D eigenvalue weighted by Gasteiger charge is -2.01. The first-order chi connectivity index (χ1) is 12.3. The molecular weight excluding hydrogens is 300 g/mol. The van der Waals surface area contributed by atoms with Crippen molar-refractivity contribution in [2.45, 2.75) is 163 Å². The van der Waals surface area contributed by atoms with Crippen molar-refractivity contribution in [3.63, 3.8) is 0 Å². The van der Waals surface area contributed by atoms with E-state index in [1.54, 1.807) is 0 Å². The number of rotatable bonds is 19. The van der Waals surface area contributed by atoms with Gasteiger partial charge in [-0.05, 0) is 0 Å². The van der Waals surface area contributed by atoms with Gasteiger partial charge in [-0.25, -0.2) is 0 Å². The molecule has 0 spiro atoms. The van der Waals surface area contributed by atoms with Gasteiger partial charge >= 0.3 is 0 Å². The van der Waals surface area contributed by atoms with Crippen LogP contribution < -0.4 is 0 Å². The molecule has 0 saturated heterocycles. The molecule has 0 unspecified atom stereocenters. The van der Waals surface area contributed by atoms with E-state index in [-0.39, 0.29) is 0 Å². The Morgan fingerprint density at radius 3 is 0.440 bits per heavy atom. The van der Waals surface area contributed by atoms with E-state index in [0.29, 0.717) is 0 Å². The quantitative estimate of drug-likeness (QED) is 0.202. The largest absolute Gasteiger partial charge is 0.0654 e. The molecule has 0 nitrogen and oxygen atoms in total. The topological polar surface area (TPSA) is 0 Å². The lowest BCUT2D eigenvalue weighted by molar-refractivity contribution is 0.542. The summed E-state index contributed by atoms with van der Waals surface area (Å²) >= 11 is 0. The summed E-state index contributed by atoms with van der Waals surface area (Å²) in [5.74, 6) is 0. The molecule has 0 aliphatic carbocycles. The Labute approximate surface area is 163 Å². The van der Waals surface area contributed by atoms with Gasteiger partial charge in [0.05, 0.1) is 0 Å². The maximum absolute atomic E-state index is 2.29. The minimum atomic E-state index is 1.37. The summed E-state index contributed by atoms with van der Waals surface area (Å²) in [6.07, 6.45) is 30.4. The van der Waals surface area contributed by atoms with Crippen LogP contribution in [0.5, 0.6) is 0 Å². The van der Waals surface area contributed by atoms with E-state index in [4.69, 9.17) is 0 Å². The summed E-state index contributed by atoms with van der Waals surface area (Å²) in [5, 5.41) is 0. The van der Waals surface area contributed by atoms with E-state index in [9.17, 15) is 0 Å². The maximum Gasteiger partial charge on any atom is -0.0533 e. The van der Waals surface area contributed by atoms with Gasteiger partial charge in [-0.15, -0.1) is 0 Å². The first-order valence-corrected chi connectivity index (χ1v) is 12.3. The summed E-state index contributed by atoms with van der Waals surface area (Å²) in [6, 6.07) is 0. The van der Waals surface area contributed by atoms with Gasteiger partial charge in [0.15, 0.2) is 0 Å². The Bertz CT molecular complexity index is 164. The van der Waals surface area contributed by atoms with Gasteiger partial charge in [-0.1, -0.05) is 163 Å². The fourth-order valence-corrected chi connectivity index (χ4v) is 3.30. The van der Waals surface area contributed by atoms with Gasteiger partial charge < -0.3 is 0 Å². The van der Waals surface area contributed by atoms with Gasteiger partial charge in [0.25, 0.3) is 0 Å². The lowest BCUT2D eigenvalue weighted by Crippen LogP contribution is -1.82. The molecule has 0 saturated carbocycles. The van der Waals surface area contributed by atoms with Crippen LogP contribution in [0.15, 0.2) is 0 Å². The molecule has 0 aliphatic heterocycles. The van der Waals surface area contributed by atoms with E-state index in [1.807, 2.05) is 0 Å². The van der Waals surface area contributed by atoms with Crippen molar-refractivity contribution in [1.82, 2.24) is 0 Å². The monoisotopic (exact) mass is 354 g/mol. The summed E-state index contributed by atoms with van der Waals surface area (Å²) in [7, 11) is 0. The molecule has 0 rings (SSSR count). The van der Waals surface area contributed by atoms with Gasteiger partial charge in [0, 0.05) is 0 Å². The van der Waals surface area contributed by atoms with Gasteiger partial charge in [0.1, 0.15) is 0 Å². The Hall–Kier alpha value is 0. The molecule has 154 valence electrons. The highest BCUT2D eigenvalue weighted by molar-refractivity contribution is 4.48. The fourth-order valence-electron chi connectivity index (χ4n) is 3.30. The highest BCUT2D eigenvalue weighted by Gasteiger charge is 1.92. The van der Waals surface area contributed by atoms with Crippen molar-refractivity contribution in [3.05, 3.63) is 0 Å². The smallest absolute Gasteiger partial charge is 0.0533 e. The Morgan fingerprint density at radius 1 is 0.200 bits per heavy atom. The Balaban J connectivity index is 0. The van der Waals surface area contributed by atoms with Crippen LogP contribution in [-0.4, -0.2) is 0 Å². The van der Waals surface area contributed by atoms with Gasteiger partial charge in [-0.2, -0.15) is 0 Å². The SMILES string of the molecule is CCCCCCCCCC.CCCCCCCCCCCCCCC. The first-order valence-electron chi connectivity index (χ1n) is 12.3. The highest BCUT2D eigenvalue weighted by Crippen LogP contribution is 2.12. The van der Waals surface area contributed by atoms with Crippen molar-refractivity contribution in [2.75, 3.05) is 0 Å². The van der Waals surface area contributed by atoms with Crippen molar-refractivity contribution in [3.8, 4) is 0 Å². The predicted molar refractivity (Wildman–Crippen MR) is 120 cm³/mol. The number of hydrogen-bond donors (Lipinski definition) is 0. The molecule has 0 aromatic rings. The normalized spacial score (nSPS) is 10.6. The summed E-state index contributed by atoms with van der Waals surface area (Å²) < 4.78 is 0. The summed E-state index contributed by atoms with van der Waals surface area (Å²) in [4.78, 5) is 0. The van der Waals surface area contributed by atoms with E-state index in [0.717, 1.165) is 0 Å². The molecule has 0 aliphatic rings. The molecule has 0 atom stereocenters. The van der Waals surface area contributed by atoms with Crippen LogP contribution >= 0.6 is 0 Å². The Kier molecular flexibility index (Phi) is 31.3. The van der Waals surface area contributed by atoms with E-state index in [1.165, 1.54) is 135 Å². The highest BCUT2D eigenvalue weighted by atomic mass is 14.0. The van der Waals surface area contributed by atoms with Crippen LogP contribution in [0, 0.1) is 0 Å². The minimum absolute atomic E-state index is 1.37. The average molecular weight is 355 g/mol. The molecule has 0 radical (unpaired) electrons. The van der Waals surface area contributed by atoms with Crippen molar-refractivity contribution in [2.24, 2.45) is 0 Å². The molecule has 0 heterocycles. The predicted octanol–water partition coefficient (Wildman–Crippen LogP) is 10.2. The van der Waals surface area contributed by atoms with Gasteiger partial charge in [0.2, 0.25) is 0 Å². The van der Waals surface area contributed by atoms with Crippen LogP contribution in [0.25, 0.3) is 0 Å². The molecule has 0 bridgehead atoms. The van der Waals surface area contributed by atoms with Crippen LogP contribution in [-0.2, 0) is 0 Å². The second-order valence-electron chi connectivity index (χ2n) is 8.01. The van der Waals surface area contributed by atoms with Crippen LogP contribution in [0.3, 0.4) is 0 Å². The lowest BCUT2D eigenvalue weighted by atomic mass is 10.1. The summed E-state index contributed by atoms with van der Waals surface area (Å²) in [6.45, 7) is 9.12. The molecule has 0 aromatic carbocycles. The van der Waals surface area contributed by atoms with E-state index >= 15 is 0 Å². The van der Waals surface area contributed by atoms with Crippen LogP contribution in [0.2, 0.25) is 0 Å². The standard InChI is InChI=1S/C15H32.C10H22/c1-3-5-7-9-11-13-15-14-12-10-8-6-4-2;1-3-5-7-9-10-8-6-4-2/h3-15H2,1-2H3;3-10H2,1-2H3. The molecule has 0 N–H and O–H groups in total. The van der Waals surface area contributed by atoms with E-state index < -0.39 is 0 Å². The second kappa shape index (κ2) is 28.8. The molecular formula is C25H54. The molecule has 0 fully saturated rings. The third-order valence-electron chi connectivity index (χ3n) is 5.16. The van der Waals surface area contributed by atoms with E-state index in [2.05, 4.69) is 27.7 Å². The third-order valence-corrected chi connectivity index (χ3v) is 5.16. The Morgan fingerprint density at radius 2 is 0.320 bits per heavy atom. The van der Waals surface area contributed by atoms with Gasteiger partial charge in [-0.3, -0.25) is 0 Å². The number of unbranched alkanes of at least 4 members (excludes halogenated alkanes) is 19. The third kappa shape index (κ3) is 32.2. The van der Waals surface area contributed by atoms with Crippen molar-refractivity contribution < 1.29 is 0 Å². The zero-order valence-corrected chi connectivity index (χ0v) is 18.8. The maximum atomic E-state index is 2.29.